The molecule has 2 aliphatic rings. The molecule has 3 rings (SSSR count). The Hall–Kier alpha value is 0.100. The third-order valence-corrected chi connectivity index (χ3v) is 6.90. The molecule has 2 nitrogen and oxygen atoms in total. The van der Waals surface area contributed by atoms with Crippen molar-refractivity contribution < 1.29 is 0 Å². The normalized spacial score (nSPS) is 29.7. The summed E-state index contributed by atoms with van der Waals surface area (Å²) >= 11 is 5.55. The minimum atomic E-state index is 0.642. The molecule has 0 amide bonds. The van der Waals surface area contributed by atoms with E-state index in [0.29, 0.717) is 12.1 Å². The van der Waals surface area contributed by atoms with Gasteiger partial charge in [-0.1, -0.05) is 19.3 Å². The smallest absolute Gasteiger partial charge is 0.0343 e. The number of rotatable bonds is 3. The van der Waals surface area contributed by atoms with E-state index >= 15 is 0 Å². The van der Waals surface area contributed by atoms with Gasteiger partial charge in [-0.15, -0.1) is 11.3 Å². The minimum absolute atomic E-state index is 0.642. The van der Waals surface area contributed by atoms with Crippen LogP contribution < -0.4 is 5.32 Å². The van der Waals surface area contributed by atoms with Crippen molar-refractivity contribution in [1.82, 2.24) is 10.2 Å². The lowest BCUT2D eigenvalue weighted by Gasteiger charge is -2.42. The van der Waals surface area contributed by atoms with Gasteiger partial charge < -0.3 is 5.32 Å². The van der Waals surface area contributed by atoms with E-state index in [1.807, 2.05) is 11.3 Å². The zero-order chi connectivity index (χ0) is 13.9. The SMILES string of the molecule is CC1CNC(C2CCCCC2)CN1Cc1sccc1Br. The fourth-order valence-electron chi connectivity index (χ4n) is 3.64. The first-order valence-electron chi connectivity index (χ1n) is 7.93. The van der Waals surface area contributed by atoms with Gasteiger partial charge in [0.15, 0.2) is 0 Å². The van der Waals surface area contributed by atoms with Gasteiger partial charge in [-0.05, 0) is 53.1 Å². The first-order valence-corrected chi connectivity index (χ1v) is 9.60. The first kappa shape index (κ1) is 15.0. The van der Waals surface area contributed by atoms with Crippen LogP contribution in [0.1, 0.15) is 43.9 Å². The Morgan fingerprint density at radius 3 is 2.85 bits per heavy atom. The Labute approximate surface area is 135 Å². The summed E-state index contributed by atoms with van der Waals surface area (Å²) in [5, 5.41) is 6.00. The molecule has 4 heteroatoms. The maximum absolute atomic E-state index is 3.81. The molecule has 0 spiro atoms. The van der Waals surface area contributed by atoms with E-state index in [-0.39, 0.29) is 0 Å². The highest BCUT2D eigenvalue weighted by Crippen LogP contribution is 2.30. The molecule has 2 atom stereocenters. The third-order valence-electron chi connectivity index (χ3n) is 4.99. The van der Waals surface area contributed by atoms with Crippen LogP contribution >= 0.6 is 27.3 Å². The van der Waals surface area contributed by atoms with Crippen molar-refractivity contribution in [2.45, 2.75) is 57.7 Å². The van der Waals surface area contributed by atoms with Gasteiger partial charge in [0.25, 0.3) is 0 Å². The average molecular weight is 357 g/mol. The van der Waals surface area contributed by atoms with Crippen molar-refractivity contribution >= 4 is 27.3 Å². The van der Waals surface area contributed by atoms with Crippen molar-refractivity contribution in [2.75, 3.05) is 13.1 Å². The molecule has 1 saturated carbocycles. The predicted molar refractivity (Wildman–Crippen MR) is 90.3 cm³/mol. The molecule has 1 N–H and O–H groups in total. The average Bonchev–Trinajstić information content (AvgIpc) is 2.88. The molecule has 2 unspecified atom stereocenters. The van der Waals surface area contributed by atoms with Gasteiger partial charge in [0, 0.05) is 41.1 Å². The number of nitrogens with one attached hydrogen (secondary N) is 1. The van der Waals surface area contributed by atoms with Gasteiger partial charge in [-0.2, -0.15) is 0 Å². The van der Waals surface area contributed by atoms with E-state index in [2.05, 4.69) is 44.5 Å². The topological polar surface area (TPSA) is 15.3 Å². The molecule has 2 fully saturated rings. The molecule has 1 aromatic heterocycles. The lowest BCUT2D eigenvalue weighted by atomic mass is 9.82. The molecule has 1 aromatic rings. The standard InChI is InChI=1S/C16H25BrN2S/c1-12-9-18-15(13-5-3-2-4-6-13)10-19(12)11-16-14(17)7-8-20-16/h7-8,12-13,15,18H,2-6,9-11H2,1H3. The number of hydrogen-bond acceptors (Lipinski definition) is 3. The second kappa shape index (κ2) is 6.91. The maximum atomic E-state index is 3.81. The van der Waals surface area contributed by atoms with Crippen LogP contribution in [-0.2, 0) is 6.54 Å². The Morgan fingerprint density at radius 2 is 2.15 bits per heavy atom. The van der Waals surface area contributed by atoms with Crippen LogP contribution in [0, 0.1) is 5.92 Å². The number of hydrogen-bond donors (Lipinski definition) is 1. The molecule has 0 radical (unpaired) electrons. The van der Waals surface area contributed by atoms with Crippen LogP contribution in [-0.4, -0.2) is 30.1 Å². The van der Waals surface area contributed by atoms with Gasteiger partial charge in [-0.25, -0.2) is 0 Å². The van der Waals surface area contributed by atoms with Crippen molar-refractivity contribution in [3.8, 4) is 0 Å². The van der Waals surface area contributed by atoms with Crippen LogP contribution in [0.5, 0.6) is 0 Å². The summed E-state index contributed by atoms with van der Waals surface area (Å²) in [7, 11) is 0. The van der Waals surface area contributed by atoms with E-state index in [4.69, 9.17) is 0 Å². The summed E-state index contributed by atoms with van der Waals surface area (Å²) in [6.07, 6.45) is 7.19. The molecule has 1 aliphatic heterocycles. The fraction of sp³-hybridized carbons (Fsp3) is 0.750. The van der Waals surface area contributed by atoms with Crippen molar-refractivity contribution in [2.24, 2.45) is 5.92 Å². The quantitative estimate of drug-likeness (QED) is 0.870. The van der Waals surface area contributed by atoms with E-state index < -0.39 is 0 Å². The molecule has 1 aliphatic carbocycles. The summed E-state index contributed by atoms with van der Waals surface area (Å²) in [5.74, 6) is 0.908. The van der Waals surface area contributed by atoms with Crippen LogP contribution in [0.25, 0.3) is 0 Å². The highest BCUT2D eigenvalue weighted by Gasteiger charge is 2.31. The lowest BCUT2D eigenvalue weighted by Crippen LogP contribution is -2.57. The van der Waals surface area contributed by atoms with Crippen LogP contribution in [0.3, 0.4) is 0 Å². The molecule has 20 heavy (non-hydrogen) atoms. The second-order valence-electron chi connectivity index (χ2n) is 6.38. The van der Waals surface area contributed by atoms with Gasteiger partial charge in [0.2, 0.25) is 0 Å². The van der Waals surface area contributed by atoms with E-state index in [0.717, 1.165) is 19.0 Å². The molecule has 0 bridgehead atoms. The summed E-state index contributed by atoms with van der Waals surface area (Å²) in [5.41, 5.74) is 0. The van der Waals surface area contributed by atoms with E-state index in [1.165, 1.54) is 48.0 Å². The Kier molecular flexibility index (Phi) is 5.18. The summed E-state index contributed by atoms with van der Waals surface area (Å²) in [6, 6.07) is 3.53. The zero-order valence-electron chi connectivity index (χ0n) is 12.3. The van der Waals surface area contributed by atoms with Gasteiger partial charge in [0.1, 0.15) is 0 Å². The Balaban J connectivity index is 1.62. The van der Waals surface area contributed by atoms with Crippen molar-refractivity contribution in [1.29, 1.82) is 0 Å². The van der Waals surface area contributed by atoms with Gasteiger partial charge in [0.05, 0.1) is 0 Å². The highest BCUT2D eigenvalue weighted by atomic mass is 79.9. The van der Waals surface area contributed by atoms with Crippen LogP contribution in [0.2, 0.25) is 0 Å². The number of nitrogens with zero attached hydrogens (tertiary/aromatic N) is 1. The fourth-order valence-corrected chi connectivity index (χ4v) is 5.15. The van der Waals surface area contributed by atoms with E-state index in [9.17, 15) is 0 Å². The highest BCUT2D eigenvalue weighted by molar-refractivity contribution is 9.10. The molecule has 1 saturated heterocycles. The Morgan fingerprint density at radius 1 is 1.35 bits per heavy atom. The monoisotopic (exact) mass is 356 g/mol. The molecular weight excluding hydrogens is 332 g/mol. The molecule has 0 aromatic carbocycles. The molecule has 2 heterocycles. The van der Waals surface area contributed by atoms with E-state index in [1.54, 1.807) is 0 Å². The van der Waals surface area contributed by atoms with Crippen LogP contribution in [0.15, 0.2) is 15.9 Å². The minimum Gasteiger partial charge on any atom is -0.311 e. The second-order valence-corrected chi connectivity index (χ2v) is 8.24. The molecule has 112 valence electrons. The summed E-state index contributed by atoms with van der Waals surface area (Å²) in [6.45, 7) is 5.82. The maximum Gasteiger partial charge on any atom is 0.0343 e. The van der Waals surface area contributed by atoms with Gasteiger partial charge in [-0.3, -0.25) is 4.90 Å². The largest absolute Gasteiger partial charge is 0.311 e. The number of piperazine rings is 1. The van der Waals surface area contributed by atoms with Crippen molar-refractivity contribution in [3.05, 3.63) is 20.8 Å². The number of thiophene rings is 1. The predicted octanol–water partition coefficient (Wildman–Crippen LogP) is 4.25. The van der Waals surface area contributed by atoms with Gasteiger partial charge >= 0.3 is 0 Å². The summed E-state index contributed by atoms with van der Waals surface area (Å²) in [4.78, 5) is 4.15. The van der Waals surface area contributed by atoms with Crippen LogP contribution in [0.4, 0.5) is 0 Å². The zero-order valence-corrected chi connectivity index (χ0v) is 14.7. The third kappa shape index (κ3) is 3.46. The first-order chi connectivity index (χ1) is 9.74. The lowest BCUT2D eigenvalue weighted by molar-refractivity contribution is 0.0988. The number of halogens is 1. The molecular formula is C16H25BrN2S. The Bertz CT molecular complexity index is 428. The summed E-state index contributed by atoms with van der Waals surface area (Å²) < 4.78 is 1.28. The van der Waals surface area contributed by atoms with Crippen molar-refractivity contribution in [3.63, 3.8) is 0 Å².